The second kappa shape index (κ2) is 21.7. The van der Waals surface area contributed by atoms with Crippen LogP contribution in [0.25, 0.3) is 5.57 Å². The van der Waals surface area contributed by atoms with E-state index in [0.717, 1.165) is 69.2 Å². The van der Waals surface area contributed by atoms with Crippen molar-refractivity contribution >= 4 is 23.7 Å². The van der Waals surface area contributed by atoms with Crippen LogP contribution in [0.2, 0.25) is 0 Å². The fraction of sp³-hybridized carbons (Fsp3) is 0.529. The number of nitrogens with one attached hydrogen (secondary N) is 1. The fourth-order valence-electron chi connectivity index (χ4n) is 6.20. The zero-order chi connectivity index (χ0) is 33.8. The molecule has 2 unspecified atom stereocenters. The van der Waals surface area contributed by atoms with E-state index in [2.05, 4.69) is 17.5 Å². The van der Waals surface area contributed by atoms with Crippen LogP contribution in [-0.2, 0) is 28.5 Å². The third-order valence-electron chi connectivity index (χ3n) is 8.26. The lowest BCUT2D eigenvalue weighted by atomic mass is 9.63. The first-order valence-corrected chi connectivity index (χ1v) is 14.9. The van der Waals surface area contributed by atoms with E-state index in [9.17, 15) is 4.79 Å². The van der Waals surface area contributed by atoms with Gasteiger partial charge in [0.05, 0.1) is 41.5 Å². The number of ether oxygens (including phenoxy) is 5. The molecule has 0 amide bonds. The van der Waals surface area contributed by atoms with Crippen LogP contribution in [0.1, 0.15) is 44.6 Å². The molecule has 5 N–H and O–H groups in total. The topological polar surface area (TPSA) is 159 Å². The van der Waals surface area contributed by atoms with Crippen LogP contribution in [0.3, 0.4) is 0 Å². The molecule has 0 aromatic heterocycles. The van der Waals surface area contributed by atoms with Gasteiger partial charge in [-0.25, -0.2) is 0 Å². The number of benzene rings is 1. The van der Waals surface area contributed by atoms with Crippen molar-refractivity contribution in [2.45, 2.75) is 39.0 Å². The Morgan fingerprint density at radius 3 is 2.27 bits per heavy atom. The molecule has 1 heterocycles. The number of fused-ring (bicyclic) bond motifs is 1. The summed E-state index contributed by atoms with van der Waals surface area (Å²) in [6, 6.07) is 5.87. The van der Waals surface area contributed by atoms with Gasteiger partial charge in [0.2, 0.25) is 0 Å². The number of carbonyl (C=O) groups is 2. The van der Waals surface area contributed by atoms with E-state index in [4.69, 9.17) is 44.4 Å². The van der Waals surface area contributed by atoms with E-state index < -0.39 is 0 Å². The van der Waals surface area contributed by atoms with E-state index in [0.29, 0.717) is 23.1 Å². The number of methoxy groups -OCH3 is 5. The van der Waals surface area contributed by atoms with E-state index in [1.807, 2.05) is 31.2 Å². The molecule has 1 aromatic carbocycles. The number of hydrogen-bond acceptors (Lipinski definition) is 10. The minimum Gasteiger partial charge on any atom is -0.500 e. The first kappa shape index (κ1) is 39.1. The largest absolute Gasteiger partial charge is 0.500 e. The Bertz CT molecular complexity index is 1180. The van der Waals surface area contributed by atoms with Crippen molar-refractivity contribution < 1.29 is 43.5 Å². The quantitative estimate of drug-likeness (QED) is 0.0975. The number of aliphatic hydroxyl groups excluding tert-OH is 1. The van der Waals surface area contributed by atoms with Gasteiger partial charge >= 0.3 is 5.97 Å². The molecule has 1 fully saturated rings. The molecule has 0 saturated heterocycles. The number of carboxylic acid groups (broad SMARTS) is 1. The number of carbonyl (C=O) groups excluding carboxylic acids is 1. The Morgan fingerprint density at radius 2 is 1.71 bits per heavy atom. The zero-order valence-electron chi connectivity index (χ0n) is 27.7. The van der Waals surface area contributed by atoms with Gasteiger partial charge in [0.15, 0.2) is 11.5 Å². The van der Waals surface area contributed by atoms with Gasteiger partial charge in [0, 0.05) is 24.4 Å². The lowest BCUT2D eigenvalue weighted by molar-refractivity contribution is -0.150. The van der Waals surface area contributed by atoms with E-state index in [1.54, 1.807) is 28.4 Å². The first-order chi connectivity index (χ1) is 21.8. The minimum atomic E-state index is -0.250. The second-order valence-corrected chi connectivity index (χ2v) is 10.5. The SMILES string of the molecule is CO.C\C=C(/C=C(OC)\C(=C\OC)OC)C1CC(C(=O)OC)[C@H]2CCNCC/C(c3ccc(OC)cc3N)=C\C[C@H]2C1.O=CO. The molecule has 252 valence electrons. The van der Waals surface area contributed by atoms with Gasteiger partial charge < -0.3 is 44.9 Å². The average Bonchev–Trinajstić information content (AvgIpc) is 3.07. The molecule has 1 aliphatic heterocycles. The zero-order valence-corrected chi connectivity index (χ0v) is 27.7. The molecule has 11 nitrogen and oxygen atoms in total. The van der Waals surface area contributed by atoms with E-state index in [-0.39, 0.29) is 30.2 Å². The summed E-state index contributed by atoms with van der Waals surface area (Å²) in [5, 5.41) is 17.5. The fourth-order valence-corrected chi connectivity index (χ4v) is 6.20. The summed E-state index contributed by atoms with van der Waals surface area (Å²) < 4.78 is 27.0. The molecule has 1 saturated carbocycles. The second-order valence-electron chi connectivity index (χ2n) is 10.5. The van der Waals surface area contributed by atoms with Crippen molar-refractivity contribution in [2.24, 2.45) is 23.7 Å². The summed E-state index contributed by atoms with van der Waals surface area (Å²) in [4.78, 5) is 21.5. The molecule has 11 heteroatoms. The summed E-state index contributed by atoms with van der Waals surface area (Å²) in [5.41, 5.74) is 10.5. The van der Waals surface area contributed by atoms with Crippen LogP contribution in [0.15, 0.2) is 59.8 Å². The summed E-state index contributed by atoms with van der Waals surface area (Å²) in [6.45, 7) is 3.48. The van der Waals surface area contributed by atoms with Crippen LogP contribution >= 0.6 is 0 Å². The highest BCUT2D eigenvalue weighted by atomic mass is 16.5. The predicted octanol–water partition coefficient (Wildman–Crippen LogP) is 4.79. The third-order valence-corrected chi connectivity index (χ3v) is 8.26. The van der Waals surface area contributed by atoms with E-state index in [1.165, 1.54) is 18.9 Å². The molecule has 45 heavy (non-hydrogen) atoms. The number of allylic oxidation sites excluding steroid dienone is 4. The van der Waals surface area contributed by atoms with Crippen LogP contribution in [0, 0.1) is 23.7 Å². The molecule has 0 spiro atoms. The number of hydrogen-bond donors (Lipinski definition) is 4. The highest BCUT2D eigenvalue weighted by Gasteiger charge is 2.42. The van der Waals surface area contributed by atoms with Crippen molar-refractivity contribution in [1.29, 1.82) is 0 Å². The third kappa shape index (κ3) is 11.5. The number of nitrogens with two attached hydrogens (primary N) is 1. The Kier molecular flexibility index (Phi) is 18.8. The Balaban J connectivity index is 0.00000191. The smallest absolute Gasteiger partial charge is 0.308 e. The Labute approximate surface area is 267 Å². The monoisotopic (exact) mass is 632 g/mol. The number of aliphatic hydroxyl groups is 1. The maximum absolute atomic E-state index is 13.1. The van der Waals surface area contributed by atoms with Crippen molar-refractivity contribution in [3.8, 4) is 5.75 Å². The summed E-state index contributed by atoms with van der Waals surface area (Å²) in [6.07, 6.45) is 12.3. The van der Waals surface area contributed by atoms with Crippen LogP contribution < -0.4 is 15.8 Å². The van der Waals surface area contributed by atoms with Gasteiger partial charge in [-0.05, 0) is 99.2 Å². The standard InChI is InChI=1S/C32H46N2O6.CH2O2.CH4O/c1-7-21(18-30(38-4)31(39-5)20-36-2)24-16-23-9-8-22(27-11-10-25(37-3)19-29(27)33)12-14-34-15-13-26(23)28(17-24)32(35)40-6;2-1-3;1-2/h7-8,10-11,18-20,23-24,26,28,34H,9,12-17,33H2,1-6H3;1H,(H,2,3);2H,1H3/b21-7+,22-8+,30-18+,31-20-;;/t23-,24?,26-,28?;;/m0../s1. The molecular weight excluding hydrogens is 580 g/mol. The van der Waals surface area contributed by atoms with Gasteiger partial charge in [-0.15, -0.1) is 0 Å². The average molecular weight is 633 g/mol. The first-order valence-electron chi connectivity index (χ1n) is 14.9. The highest BCUT2D eigenvalue weighted by Crippen LogP contribution is 2.46. The number of anilines is 1. The molecular formula is C34H52N2O9. The molecule has 4 atom stereocenters. The summed E-state index contributed by atoms with van der Waals surface area (Å²) >= 11 is 0. The van der Waals surface area contributed by atoms with Crippen LogP contribution in [0.5, 0.6) is 5.75 Å². The maximum Gasteiger partial charge on any atom is 0.308 e. The van der Waals surface area contributed by atoms with Crippen molar-refractivity contribution in [3.05, 3.63) is 65.3 Å². The van der Waals surface area contributed by atoms with E-state index >= 15 is 0 Å². The van der Waals surface area contributed by atoms with Gasteiger partial charge in [0.1, 0.15) is 12.0 Å². The minimum absolute atomic E-state index is 0.136. The summed E-state index contributed by atoms with van der Waals surface area (Å²) in [5.74, 6) is 2.15. The van der Waals surface area contributed by atoms with Gasteiger partial charge in [0.25, 0.3) is 6.47 Å². The lowest BCUT2D eigenvalue weighted by Gasteiger charge is -2.41. The van der Waals surface area contributed by atoms with Crippen LogP contribution in [-0.4, -0.2) is 78.4 Å². The Hall–Kier alpha value is -3.96. The molecule has 1 aromatic rings. The summed E-state index contributed by atoms with van der Waals surface area (Å²) in [7, 11) is 8.90. The van der Waals surface area contributed by atoms with Crippen molar-refractivity contribution in [3.63, 3.8) is 0 Å². The normalized spacial score (nSPS) is 23.6. The van der Waals surface area contributed by atoms with Gasteiger partial charge in [-0.2, -0.15) is 0 Å². The molecule has 3 rings (SSSR count). The van der Waals surface area contributed by atoms with Crippen molar-refractivity contribution in [2.75, 3.05) is 61.5 Å². The Morgan fingerprint density at radius 1 is 1.02 bits per heavy atom. The molecule has 0 radical (unpaired) electrons. The van der Waals surface area contributed by atoms with Crippen LogP contribution in [0.4, 0.5) is 5.69 Å². The maximum atomic E-state index is 13.1. The molecule has 2 aliphatic rings. The van der Waals surface area contributed by atoms with Crippen molar-refractivity contribution in [1.82, 2.24) is 5.32 Å². The molecule has 0 bridgehead atoms. The highest BCUT2D eigenvalue weighted by molar-refractivity contribution is 5.76. The predicted molar refractivity (Wildman–Crippen MR) is 175 cm³/mol. The van der Waals surface area contributed by atoms with Gasteiger partial charge in [-0.1, -0.05) is 12.2 Å². The number of esters is 1. The van der Waals surface area contributed by atoms with Gasteiger partial charge in [-0.3, -0.25) is 9.59 Å². The lowest BCUT2D eigenvalue weighted by Crippen LogP contribution is -2.40. The molecule has 1 aliphatic carbocycles. The number of rotatable bonds is 9. The number of nitrogen functional groups attached to an aromatic ring is 1.